The van der Waals surface area contributed by atoms with Gasteiger partial charge in [-0.25, -0.2) is 0 Å². The van der Waals surface area contributed by atoms with E-state index < -0.39 is 11.8 Å². The van der Waals surface area contributed by atoms with E-state index in [1.54, 1.807) is 18.2 Å². The van der Waals surface area contributed by atoms with Gasteiger partial charge in [0.15, 0.2) is 23.0 Å². The van der Waals surface area contributed by atoms with Crippen molar-refractivity contribution < 1.29 is 33.6 Å². The van der Waals surface area contributed by atoms with Gasteiger partial charge in [-0.15, -0.1) is 0 Å². The molecule has 0 radical (unpaired) electrons. The summed E-state index contributed by atoms with van der Waals surface area (Å²) < 4.78 is 27.9. The van der Waals surface area contributed by atoms with E-state index in [1.807, 2.05) is 24.3 Å². The fourth-order valence-electron chi connectivity index (χ4n) is 5.64. The summed E-state index contributed by atoms with van der Waals surface area (Å²) in [4.78, 5) is 13.3. The maximum Gasteiger partial charge on any atom is 0.310 e. The molecule has 3 aromatic carbocycles. The summed E-state index contributed by atoms with van der Waals surface area (Å²) in [5.41, 5.74) is 3.17. The Hall–Kier alpha value is -3.49. The lowest BCUT2D eigenvalue weighted by Gasteiger charge is -2.40. The Kier molecular flexibility index (Phi) is 5.88. The molecule has 10 heteroatoms. The normalized spacial score (nSPS) is 23.2. The van der Waals surface area contributed by atoms with Gasteiger partial charge in [-0.1, -0.05) is 23.2 Å². The summed E-state index contributed by atoms with van der Waals surface area (Å²) in [7, 11) is 2.85. The fourth-order valence-corrected chi connectivity index (χ4v) is 6.10. The molecule has 1 saturated heterocycles. The number of benzene rings is 3. The van der Waals surface area contributed by atoms with E-state index in [0.29, 0.717) is 22.1 Å². The van der Waals surface area contributed by atoms with Crippen molar-refractivity contribution in [2.75, 3.05) is 32.9 Å². The minimum atomic E-state index is -0.575. The van der Waals surface area contributed by atoms with E-state index >= 15 is 0 Å². The first kappa shape index (κ1) is 23.9. The minimum Gasteiger partial charge on any atom is -0.502 e. The second kappa shape index (κ2) is 9.11. The van der Waals surface area contributed by atoms with Crippen LogP contribution >= 0.6 is 23.2 Å². The molecule has 2 N–H and O–H groups in total. The topological polar surface area (TPSA) is 95.5 Å². The van der Waals surface area contributed by atoms with Gasteiger partial charge in [-0.2, -0.15) is 0 Å². The van der Waals surface area contributed by atoms with Crippen LogP contribution in [0.15, 0.2) is 42.5 Å². The zero-order valence-corrected chi connectivity index (χ0v) is 21.4. The molecule has 37 heavy (non-hydrogen) atoms. The number of hydrogen-bond donors (Lipinski definition) is 2. The summed E-state index contributed by atoms with van der Waals surface area (Å²) >= 11 is 12.9. The Bertz CT molecular complexity index is 1390. The molecule has 192 valence electrons. The van der Waals surface area contributed by atoms with Crippen molar-refractivity contribution in [1.82, 2.24) is 0 Å². The van der Waals surface area contributed by atoms with Crippen molar-refractivity contribution in [3.63, 3.8) is 0 Å². The minimum absolute atomic E-state index is 0.0719. The Labute approximate surface area is 222 Å². The van der Waals surface area contributed by atoms with Crippen molar-refractivity contribution >= 4 is 34.9 Å². The average molecular weight is 544 g/mol. The molecule has 0 saturated carbocycles. The number of phenols is 1. The number of rotatable bonds is 5. The molecule has 4 atom stereocenters. The molecule has 1 aliphatic carbocycles. The molecule has 1 fully saturated rings. The molecule has 0 bridgehead atoms. The SMILES string of the molecule is COc1cc([C@@H]2c3cc4c(cc3[C@@H](Nc3ccc(Cl)cc3)[C@H]3COC(=O)[C@H]23)OCO4)c(Cl)c(OC)c1O. The summed E-state index contributed by atoms with van der Waals surface area (Å²) in [6.45, 7) is 0.331. The van der Waals surface area contributed by atoms with Gasteiger partial charge in [0, 0.05) is 22.5 Å². The van der Waals surface area contributed by atoms with Gasteiger partial charge in [0.25, 0.3) is 0 Å². The van der Waals surface area contributed by atoms with Crippen LogP contribution in [0.5, 0.6) is 28.7 Å². The Morgan fingerprint density at radius 1 is 0.946 bits per heavy atom. The molecule has 2 heterocycles. The Morgan fingerprint density at radius 3 is 2.32 bits per heavy atom. The third-order valence-corrected chi connectivity index (χ3v) is 7.94. The number of nitrogens with one attached hydrogen (secondary N) is 1. The smallest absolute Gasteiger partial charge is 0.310 e. The molecule has 6 rings (SSSR count). The van der Waals surface area contributed by atoms with Gasteiger partial charge in [-0.3, -0.25) is 4.79 Å². The standard InChI is InChI=1S/C27H23Cl2NO7/c1-33-20-9-16(23(29)26(34-2)25(20)31)21-14-7-18-19(37-11-36-18)8-15(14)24(17-10-35-27(32)22(17)21)30-13-5-3-12(28)4-6-13/h3-9,17,21-22,24,30-31H,10-11H2,1-2H3/t17-,21-,22-,24+/m0/s1. The van der Waals surface area contributed by atoms with Gasteiger partial charge in [-0.05, 0) is 59.2 Å². The van der Waals surface area contributed by atoms with E-state index in [9.17, 15) is 9.90 Å². The summed E-state index contributed by atoms with van der Waals surface area (Å²) in [5.74, 6) is -0.425. The zero-order chi connectivity index (χ0) is 25.8. The predicted molar refractivity (Wildman–Crippen MR) is 136 cm³/mol. The number of anilines is 1. The number of halogens is 2. The van der Waals surface area contributed by atoms with E-state index in [0.717, 1.165) is 16.8 Å². The number of fused-ring (bicyclic) bond motifs is 3. The zero-order valence-electron chi connectivity index (χ0n) is 19.9. The number of carbonyl (C=O) groups is 1. The highest BCUT2D eigenvalue weighted by Crippen LogP contribution is 2.58. The summed E-state index contributed by atoms with van der Waals surface area (Å²) in [6.07, 6.45) is 0. The van der Waals surface area contributed by atoms with E-state index in [4.69, 9.17) is 46.9 Å². The van der Waals surface area contributed by atoms with Gasteiger partial charge < -0.3 is 34.1 Å². The van der Waals surface area contributed by atoms with Crippen molar-refractivity contribution in [2.45, 2.75) is 12.0 Å². The van der Waals surface area contributed by atoms with E-state index in [2.05, 4.69) is 5.32 Å². The van der Waals surface area contributed by atoms with E-state index in [1.165, 1.54) is 14.2 Å². The summed E-state index contributed by atoms with van der Waals surface area (Å²) in [5, 5.41) is 15.0. The highest BCUT2D eigenvalue weighted by Gasteiger charge is 2.53. The number of hydrogen-bond acceptors (Lipinski definition) is 8. The van der Waals surface area contributed by atoms with Crippen LogP contribution in [0.2, 0.25) is 10.0 Å². The second-order valence-electron chi connectivity index (χ2n) is 9.12. The molecule has 8 nitrogen and oxygen atoms in total. The number of aromatic hydroxyl groups is 1. The van der Waals surface area contributed by atoms with Crippen LogP contribution in [0.4, 0.5) is 5.69 Å². The van der Waals surface area contributed by atoms with Gasteiger partial charge in [0.05, 0.1) is 37.8 Å². The molecule has 2 aliphatic heterocycles. The molecular weight excluding hydrogens is 521 g/mol. The number of carbonyl (C=O) groups excluding carboxylic acids is 1. The number of ether oxygens (including phenoxy) is 5. The average Bonchev–Trinajstić information content (AvgIpc) is 3.51. The molecular formula is C27H23Cl2NO7. The third kappa shape index (κ3) is 3.78. The van der Waals surface area contributed by atoms with Crippen molar-refractivity contribution in [1.29, 1.82) is 0 Å². The quantitative estimate of drug-likeness (QED) is 0.405. The van der Waals surface area contributed by atoms with Crippen LogP contribution in [0, 0.1) is 11.8 Å². The largest absolute Gasteiger partial charge is 0.502 e. The summed E-state index contributed by atoms with van der Waals surface area (Å²) in [6, 6.07) is 12.6. The predicted octanol–water partition coefficient (Wildman–Crippen LogP) is 5.53. The highest BCUT2D eigenvalue weighted by atomic mass is 35.5. The number of cyclic esters (lactones) is 1. The third-order valence-electron chi connectivity index (χ3n) is 7.30. The van der Waals surface area contributed by atoms with Crippen LogP contribution < -0.4 is 24.3 Å². The molecule has 0 aromatic heterocycles. The first-order valence-electron chi connectivity index (χ1n) is 11.7. The maximum absolute atomic E-state index is 13.3. The van der Waals surface area contributed by atoms with E-state index in [-0.39, 0.29) is 53.6 Å². The number of phenolic OH excluding ortho intramolecular Hbond substituents is 1. The van der Waals surface area contributed by atoms with Crippen molar-refractivity contribution in [3.8, 4) is 28.7 Å². The van der Waals surface area contributed by atoms with Crippen LogP contribution in [-0.2, 0) is 9.53 Å². The molecule has 3 aromatic rings. The second-order valence-corrected chi connectivity index (χ2v) is 9.94. The fraction of sp³-hybridized carbons (Fsp3) is 0.296. The van der Waals surface area contributed by atoms with Crippen LogP contribution in [0.25, 0.3) is 0 Å². The number of methoxy groups -OCH3 is 2. The van der Waals surface area contributed by atoms with Crippen molar-refractivity contribution in [2.24, 2.45) is 11.8 Å². The monoisotopic (exact) mass is 543 g/mol. The Balaban J connectivity index is 1.57. The van der Waals surface area contributed by atoms with Crippen molar-refractivity contribution in [3.05, 3.63) is 69.2 Å². The molecule has 0 spiro atoms. The Morgan fingerprint density at radius 2 is 1.65 bits per heavy atom. The molecule has 0 unspecified atom stereocenters. The van der Waals surface area contributed by atoms with Gasteiger partial charge >= 0.3 is 5.97 Å². The first-order valence-corrected chi connectivity index (χ1v) is 12.4. The maximum atomic E-state index is 13.3. The van der Waals surface area contributed by atoms with Crippen LogP contribution in [0.3, 0.4) is 0 Å². The highest BCUT2D eigenvalue weighted by molar-refractivity contribution is 6.33. The lowest BCUT2D eigenvalue weighted by Crippen LogP contribution is -2.37. The van der Waals surface area contributed by atoms with Gasteiger partial charge in [0.2, 0.25) is 12.5 Å². The molecule has 3 aliphatic rings. The lowest BCUT2D eigenvalue weighted by molar-refractivity contribution is -0.141. The van der Waals surface area contributed by atoms with Gasteiger partial charge in [0.1, 0.15) is 0 Å². The lowest BCUT2D eigenvalue weighted by atomic mass is 9.65. The van der Waals surface area contributed by atoms with Crippen LogP contribution in [0.1, 0.15) is 28.7 Å². The van der Waals surface area contributed by atoms with Crippen LogP contribution in [-0.4, -0.2) is 38.7 Å². The first-order chi connectivity index (χ1) is 17.9. The molecule has 0 amide bonds. The number of esters is 1.